The zero-order valence-corrected chi connectivity index (χ0v) is 22.4. The lowest BCUT2D eigenvalue weighted by Gasteiger charge is -2.32. The number of carbonyl (C=O) groups excluding carboxylic acids is 3. The average molecular weight is 496 g/mol. The van der Waals surface area contributed by atoms with E-state index in [-0.39, 0.29) is 17.6 Å². The standard InChI is InChI=1S/C25H41N3O5S/c1-8-9-10-14-26-22(30)21(18-11-12-20(29)17(2)16-18)28(6)23(31)19(13-15-34-7)27-24(32)33-25(3,4)5/h11-12,16,19,21,29H,8-10,13-15H2,1-7H3,(H,26,30)(H,27,32). The number of amides is 3. The van der Waals surface area contributed by atoms with Crippen molar-refractivity contribution in [1.29, 1.82) is 0 Å². The lowest BCUT2D eigenvalue weighted by molar-refractivity contribution is -0.140. The SMILES string of the molecule is CCCCCNC(=O)C(c1ccc(O)c(C)c1)N(C)C(=O)C(CCSC)NC(=O)OC(C)(C)C. The van der Waals surface area contributed by atoms with Crippen LogP contribution in [0, 0.1) is 6.92 Å². The number of aryl methyl sites for hydroxylation is 1. The molecule has 0 aromatic heterocycles. The molecule has 2 unspecified atom stereocenters. The summed E-state index contributed by atoms with van der Waals surface area (Å²) >= 11 is 1.56. The molecule has 1 aromatic carbocycles. The Kier molecular flexibility index (Phi) is 12.3. The van der Waals surface area contributed by atoms with Crippen LogP contribution in [0.4, 0.5) is 4.79 Å². The van der Waals surface area contributed by atoms with Gasteiger partial charge in [-0.05, 0) is 75.8 Å². The van der Waals surface area contributed by atoms with E-state index in [0.29, 0.717) is 29.8 Å². The summed E-state index contributed by atoms with van der Waals surface area (Å²) in [4.78, 5) is 40.5. The van der Waals surface area contributed by atoms with Gasteiger partial charge in [-0.25, -0.2) is 4.79 Å². The number of rotatable bonds is 12. The van der Waals surface area contributed by atoms with Crippen LogP contribution in [0.1, 0.15) is 70.5 Å². The van der Waals surface area contributed by atoms with Crippen LogP contribution in [0.2, 0.25) is 0 Å². The second-order valence-corrected chi connectivity index (χ2v) is 10.4. The van der Waals surface area contributed by atoms with Crippen molar-refractivity contribution in [2.75, 3.05) is 25.6 Å². The molecule has 0 fully saturated rings. The number of aromatic hydroxyl groups is 1. The monoisotopic (exact) mass is 495 g/mol. The fourth-order valence-electron chi connectivity index (χ4n) is 3.40. The molecule has 1 rings (SSSR count). The second kappa shape index (κ2) is 14.1. The van der Waals surface area contributed by atoms with E-state index in [1.807, 2.05) is 6.26 Å². The first-order valence-electron chi connectivity index (χ1n) is 11.7. The molecule has 3 amide bonds. The molecule has 2 atom stereocenters. The maximum atomic E-state index is 13.5. The summed E-state index contributed by atoms with van der Waals surface area (Å²) in [6.07, 6.45) is 4.50. The summed E-state index contributed by atoms with van der Waals surface area (Å²) in [5.41, 5.74) is 0.487. The third kappa shape index (κ3) is 9.83. The average Bonchev–Trinajstić information content (AvgIpc) is 2.75. The van der Waals surface area contributed by atoms with E-state index in [2.05, 4.69) is 17.6 Å². The van der Waals surface area contributed by atoms with Crippen LogP contribution in [0.3, 0.4) is 0 Å². The van der Waals surface area contributed by atoms with E-state index in [1.165, 1.54) is 11.0 Å². The lowest BCUT2D eigenvalue weighted by Crippen LogP contribution is -2.52. The number of phenols is 1. The van der Waals surface area contributed by atoms with Crippen molar-refractivity contribution in [3.8, 4) is 5.75 Å². The molecule has 9 heteroatoms. The van der Waals surface area contributed by atoms with Gasteiger partial charge in [0.1, 0.15) is 23.4 Å². The van der Waals surface area contributed by atoms with E-state index < -0.39 is 23.8 Å². The van der Waals surface area contributed by atoms with Crippen molar-refractivity contribution in [2.24, 2.45) is 0 Å². The summed E-state index contributed by atoms with van der Waals surface area (Å²) in [5.74, 6) is 0.0632. The third-order valence-electron chi connectivity index (χ3n) is 5.20. The predicted octanol–water partition coefficient (Wildman–Crippen LogP) is 4.15. The minimum absolute atomic E-state index is 0.115. The number of ether oxygens (including phenoxy) is 1. The molecule has 8 nitrogen and oxygen atoms in total. The minimum Gasteiger partial charge on any atom is -0.508 e. The van der Waals surface area contributed by atoms with E-state index in [0.717, 1.165) is 19.3 Å². The molecular weight excluding hydrogens is 454 g/mol. The van der Waals surface area contributed by atoms with E-state index in [9.17, 15) is 19.5 Å². The molecule has 0 saturated carbocycles. The van der Waals surface area contributed by atoms with Crippen molar-refractivity contribution in [2.45, 2.75) is 78.0 Å². The van der Waals surface area contributed by atoms with Gasteiger partial charge in [-0.3, -0.25) is 9.59 Å². The van der Waals surface area contributed by atoms with Crippen LogP contribution in [0.15, 0.2) is 18.2 Å². The largest absolute Gasteiger partial charge is 0.508 e. The number of hydrogen-bond donors (Lipinski definition) is 3. The van der Waals surface area contributed by atoms with Gasteiger partial charge in [0.2, 0.25) is 11.8 Å². The molecular formula is C25H41N3O5S. The van der Waals surface area contributed by atoms with Gasteiger partial charge in [0.15, 0.2) is 0 Å². The summed E-state index contributed by atoms with van der Waals surface area (Å²) in [7, 11) is 1.56. The van der Waals surface area contributed by atoms with Gasteiger partial charge >= 0.3 is 6.09 Å². The zero-order valence-electron chi connectivity index (χ0n) is 21.6. The number of unbranched alkanes of at least 4 members (excludes halogenated alkanes) is 2. The Morgan fingerprint density at radius 1 is 1.21 bits per heavy atom. The molecule has 0 aliphatic carbocycles. The summed E-state index contributed by atoms with van der Waals surface area (Å²) < 4.78 is 5.34. The fraction of sp³-hybridized carbons (Fsp3) is 0.640. The highest BCUT2D eigenvalue weighted by molar-refractivity contribution is 7.98. The van der Waals surface area contributed by atoms with E-state index in [1.54, 1.807) is 58.6 Å². The molecule has 34 heavy (non-hydrogen) atoms. The van der Waals surface area contributed by atoms with Crippen molar-refractivity contribution < 1.29 is 24.2 Å². The molecule has 3 N–H and O–H groups in total. The third-order valence-corrected chi connectivity index (χ3v) is 5.84. The van der Waals surface area contributed by atoms with E-state index in [4.69, 9.17) is 4.74 Å². The molecule has 192 valence electrons. The Hall–Kier alpha value is -2.42. The minimum atomic E-state index is -0.911. The molecule has 0 aliphatic heterocycles. The number of phenolic OH excluding ortho intramolecular Hbond substituents is 1. The maximum Gasteiger partial charge on any atom is 0.408 e. The van der Waals surface area contributed by atoms with Crippen LogP contribution in [-0.2, 0) is 14.3 Å². The Labute approximate surface area is 208 Å². The zero-order chi connectivity index (χ0) is 25.9. The highest BCUT2D eigenvalue weighted by Crippen LogP contribution is 2.26. The van der Waals surface area contributed by atoms with Crippen molar-refractivity contribution in [3.05, 3.63) is 29.3 Å². The number of hydrogen-bond acceptors (Lipinski definition) is 6. The van der Waals surface area contributed by atoms with Crippen LogP contribution in [-0.4, -0.2) is 65.2 Å². The van der Waals surface area contributed by atoms with Crippen LogP contribution >= 0.6 is 11.8 Å². The smallest absolute Gasteiger partial charge is 0.408 e. The van der Waals surface area contributed by atoms with Gasteiger partial charge in [0.05, 0.1) is 0 Å². The van der Waals surface area contributed by atoms with Crippen molar-refractivity contribution >= 4 is 29.7 Å². The van der Waals surface area contributed by atoms with Gasteiger partial charge in [-0.1, -0.05) is 25.8 Å². The van der Waals surface area contributed by atoms with Gasteiger partial charge < -0.3 is 25.4 Å². The normalized spacial score (nSPS) is 13.0. The quantitative estimate of drug-likeness (QED) is 0.376. The summed E-state index contributed by atoms with van der Waals surface area (Å²) in [6.45, 7) is 9.59. The fourth-order valence-corrected chi connectivity index (χ4v) is 3.87. The number of nitrogens with zero attached hydrogens (tertiary/aromatic N) is 1. The molecule has 0 bridgehead atoms. The topological polar surface area (TPSA) is 108 Å². The Bertz CT molecular complexity index is 825. The Morgan fingerprint density at radius 2 is 1.88 bits per heavy atom. The molecule has 0 saturated heterocycles. The number of benzene rings is 1. The van der Waals surface area contributed by atoms with Crippen LogP contribution in [0.5, 0.6) is 5.75 Å². The first kappa shape index (κ1) is 29.6. The number of thioether (sulfide) groups is 1. The number of carbonyl (C=O) groups is 3. The number of nitrogens with one attached hydrogen (secondary N) is 2. The van der Waals surface area contributed by atoms with E-state index >= 15 is 0 Å². The molecule has 0 radical (unpaired) electrons. The first-order valence-corrected chi connectivity index (χ1v) is 13.1. The Balaban J connectivity index is 3.19. The van der Waals surface area contributed by atoms with Crippen molar-refractivity contribution in [3.63, 3.8) is 0 Å². The van der Waals surface area contributed by atoms with Gasteiger partial charge in [-0.2, -0.15) is 11.8 Å². The summed E-state index contributed by atoms with van der Waals surface area (Å²) in [5, 5.41) is 15.6. The molecule has 0 spiro atoms. The van der Waals surface area contributed by atoms with Gasteiger partial charge in [0.25, 0.3) is 0 Å². The predicted molar refractivity (Wildman–Crippen MR) is 137 cm³/mol. The molecule has 0 aliphatic rings. The Morgan fingerprint density at radius 3 is 2.44 bits per heavy atom. The van der Waals surface area contributed by atoms with Gasteiger partial charge in [-0.15, -0.1) is 0 Å². The highest BCUT2D eigenvalue weighted by atomic mass is 32.2. The molecule has 0 heterocycles. The lowest BCUT2D eigenvalue weighted by atomic mass is 10.0. The van der Waals surface area contributed by atoms with Crippen LogP contribution < -0.4 is 10.6 Å². The number of likely N-dealkylation sites (N-methyl/N-ethyl adjacent to an activating group) is 1. The van der Waals surface area contributed by atoms with Crippen molar-refractivity contribution in [1.82, 2.24) is 15.5 Å². The first-order chi connectivity index (χ1) is 15.9. The second-order valence-electron chi connectivity index (χ2n) is 9.38. The molecule has 1 aromatic rings. The maximum absolute atomic E-state index is 13.5. The highest BCUT2D eigenvalue weighted by Gasteiger charge is 2.34. The summed E-state index contributed by atoms with van der Waals surface area (Å²) in [6, 6.07) is 3.10. The van der Waals surface area contributed by atoms with Gasteiger partial charge in [0, 0.05) is 13.6 Å². The number of alkyl carbamates (subject to hydrolysis) is 1. The van der Waals surface area contributed by atoms with Crippen LogP contribution in [0.25, 0.3) is 0 Å².